The second kappa shape index (κ2) is 11.5. The maximum Gasteiger partial charge on any atom is 0.293 e. The van der Waals surface area contributed by atoms with Crippen LogP contribution >= 0.6 is 46.0 Å². The summed E-state index contributed by atoms with van der Waals surface area (Å²) in [6, 6.07) is 19.0. The highest BCUT2D eigenvalue weighted by atomic mass is 127. The lowest BCUT2D eigenvalue weighted by Crippen LogP contribution is -2.27. The van der Waals surface area contributed by atoms with Crippen molar-refractivity contribution in [3.05, 3.63) is 96.4 Å². The van der Waals surface area contributed by atoms with Crippen LogP contribution in [0.25, 0.3) is 6.08 Å². The summed E-state index contributed by atoms with van der Waals surface area (Å²) in [4.78, 5) is 27.1. The van der Waals surface area contributed by atoms with Gasteiger partial charge < -0.3 is 9.47 Å². The number of thioether (sulfide) groups is 1. The van der Waals surface area contributed by atoms with E-state index in [-0.39, 0.29) is 17.7 Å². The van der Waals surface area contributed by atoms with Gasteiger partial charge in [0.05, 0.1) is 21.6 Å². The lowest BCUT2D eigenvalue weighted by molar-refractivity contribution is -0.123. The van der Waals surface area contributed by atoms with E-state index >= 15 is 0 Å². The van der Waals surface area contributed by atoms with Crippen molar-refractivity contribution in [3.63, 3.8) is 0 Å². The Bertz CT molecular complexity index is 1280. The van der Waals surface area contributed by atoms with Crippen LogP contribution in [0.5, 0.6) is 11.5 Å². The van der Waals surface area contributed by atoms with Gasteiger partial charge in [0.25, 0.3) is 11.1 Å². The first-order valence-corrected chi connectivity index (χ1v) is 13.3. The molecule has 1 aliphatic rings. The lowest BCUT2D eigenvalue weighted by Gasteiger charge is -2.15. The predicted molar refractivity (Wildman–Crippen MR) is 149 cm³/mol. The van der Waals surface area contributed by atoms with Gasteiger partial charge in [-0.3, -0.25) is 14.5 Å². The summed E-state index contributed by atoms with van der Waals surface area (Å²) in [6.45, 7) is 5.04. The van der Waals surface area contributed by atoms with Crippen LogP contribution in [0.15, 0.2) is 65.6 Å². The number of hydrogen-bond acceptors (Lipinski definition) is 5. The SMILES string of the molecule is CCOc1cc(/C=C2\SC(=O)N(Cc3ccc(Cl)cc3)C2=O)cc(I)c1OCc1ccc(C)cc1. The molecule has 3 aromatic rings. The van der Waals surface area contributed by atoms with Crippen molar-refractivity contribution in [1.82, 2.24) is 4.90 Å². The number of aryl methyl sites for hydroxylation is 1. The molecule has 0 radical (unpaired) electrons. The average Bonchev–Trinajstić information content (AvgIpc) is 3.08. The van der Waals surface area contributed by atoms with Crippen LogP contribution in [0.2, 0.25) is 5.02 Å². The van der Waals surface area contributed by atoms with Crippen molar-refractivity contribution in [3.8, 4) is 11.5 Å². The summed E-state index contributed by atoms with van der Waals surface area (Å²) in [6.07, 6.45) is 1.72. The van der Waals surface area contributed by atoms with Crippen LogP contribution < -0.4 is 9.47 Å². The number of ether oxygens (including phenoxy) is 2. The molecule has 1 saturated heterocycles. The maximum atomic E-state index is 13.0. The van der Waals surface area contributed by atoms with Gasteiger partial charge in [-0.15, -0.1) is 0 Å². The molecule has 0 saturated carbocycles. The minimum Gasteiger partial charge on any atom is -0.490 e. The maximum absolute atomic E-state index is 13.0. The predicted octanol–water partition coefficient (Wildman–Crippen LogP) is 7.47. The van der Waals surface area contributed by atoms with Crippen molar-refractivity contribution >= 4 is 63.2 Å². The molecule has 0 bridgehead atoms. The molecule has 1 fully saturated rings. The zero-order valence-electron chi connectivity index (χ0n) is 19.2. The lowest BCUT2D eigenvalue weighted by atomic mass is 10.1. The van der Waals surface area contributed by atoms with E-state index in [0.717, 1.165) is 32.0 Å². The van der Waals surface area contributed by atoms with Gasteiger partial charge in [-0.1, -0.05) is 53.6 Å². The molecule has 2 amide bonds. The third-order valence-corrected chi connectivity index (χ3v) is 7.22. The Morgan fingerprint density at radius 3 is 2.37 bits per heavy atom. The number of halogens is 2. The van der Waals surface area contributed by atoms with Crippen molar-refractivity contribution < 1.29 is 19.1 Å². The first kappa shape index (κ1) is 25.6. The molecule has 0 aliphatic carbocycles. The summed E-state index contributed by atoms with van der Waals surface area (Å²) < 4.78 is 12.8. The van der Waals surface area contributed by atoms with Gasteiger partial charge in [0, 0.05) is 5.02 Å². The molecule has 0 spiro atoms. The number of imide groups is 1. The first-order chi connectivity index (χ1) is 16.8. The number of benzene rings is 3. The van der Waals surface area contributed by atoms with Crippen molar-refractivity contribution in [2.24, 2.45) is 0 Å². The first-order valence-electron chi connectivity index (χ1n) is 11.0. The molecule has 35 heavy (non-hydrogen) atoms. The molecule has 0 atom stereocenters. The van der Waals surface area contributed by atoms with Gasteiger partial charge >= 0.3 is 0 Å². The fourth-order valence-electron chi connectivity index (χ4n) is 3.47. The average molecular weight is 620 g/mol. The van der Waals surface area contributed by atoms with Gasteiger partial charge in [0.2, 0.25) is 0 Å². The number of hydrogen-bond donors (Lipinski definition) is 0. The highest BCUT2D eigenvalue weighted by Gasteiger charge is 2.35. The Morgan fingerprint density at radius 1 is 1.00 bits per heavy atom. The van der Waals surface area contributed by atoms with E-state index in [1.165, 1.54) is 10.5 Å². The molecular formula is C27H23ClINO4S. The zero-order valence-corrected chi connectivity index (χ0v) is 22.9. The Hall–Kier alpha value is -2.49. The van der Waals surface area contributed by atoms with Crippen molar-refractivity contribution in [2.45, 2.75) is 27.0 Å². The second-order valence-electron chi connectivity index (χ2n) is 7.93. The molecule has 180 valence electrons. The van der Waals surface area contributed by atoms with E-state index in [1.54, 1.807) is 30.3 Å². The summed E-state index contributed by atoms with van der Waals surface area (Å²) >= 11 is 9.07. The van der Waals surface area contributed by atoms with Crippen LogP contribution in [0.4, 0.5) is 4.79 Å². The molecule has 0 unspecified atom stereocenters. The van der Waals surface area contributed by atoms with Crippen LogP contribution in [0.3, 0.4) is 0 Å². The highest BCUT2D eigenvalue weighted by Crippen LogP contribution is 2.38. The van der Waals surface area contributed by atoms with E-state index in [0.29, 0.717) is 34.6 Å². The zero-order chi connectivity index (χ0) is 24.9. The Kier molecular flexibility index (Phi) is 8.41. The highest BCUT2D eigenvalue weighted by molar-refractivity contribution is 14.1. The van der Waals surface area contributed by atoms with Gasteiger partial charge in [-0.25, -0.2) is 0 Å². The summed E-state index contributed by atoms with van der Waals surface area (Å²) in [5, 5.41) is 0.308. The van der Waals surface area contributed by atoms with E-state index in [9.17, 15) is 9.59 Å². The molecule has 3 aromatic carbocycles. The minimum absolute atomic E-state index is 0.201. The monoisotopic (exact) mass is 619 g/mol. The number of carbonyl (C=O) groups is 2. The molecule has 1 aliphatic heterocycles. The van der Waals surface area contributed by atoms with Crippen molar-refractivity contribution in [2.75, 3.05) is 6.61 Å². The fourth-order valence-corrected chi connectivity index (χ4v) is 5.22. The van der Waals surface area contributed by atoms with Gasteiger partial charge in [-0.2, -0.15) is 0 Å². The Balaban J connectivity index is 1.54. The minimum atomic E-state index is -0.317. The van der Waals surface area contributed by atoms with Gasteiger partial charge in [-0.05, 0) is 95.2 Å². The second-order valence-corrected chi connectivity index (χ2v) is 10.5. The number of carbonyl (C=O) groups excluding carboxylic acids is 2. The Labute approximate surface area is 227 Å². The van der Waals surface area contributed by atoms with Crippen LogP contribution in [-0.2, 0) is 17.9 Å². The van der Waals surface area contributed by atoms with Crippen LogP contribution in [0.1, 0.15) is 29.2 Å². The van der Waals surface area contributed by atoms with E-state index in [1.807, 2.05) is 38.1 Å². The smallest absolute Gasteiger partial charge is 0.293 e. The standard InChI is InChI=1S/C27H23ClINO4S/c1-3-33-23-13-20(12-22(29)25(23)34-16-19-6-4-17(2)5-7-19)14-24-26(31)30(27(32)35-24)15-18-8-10-21(28)11-9-18/h4-14H,3,15-16H2,1-2H3/b24-14-. The van der Waals surface area contributed by atoms with Crippen LogP contribution in [-0.4, -0.2) is 22.7 Å². The quantitative estimate of drug-likeness (QED) is 0.193. The van der Waals surface area contributed by atoms with Crippen LogP contribution in [0, 0.1) is 10.5 Å². The molecular weight excluding hydrogens is 597 g/mol. The molecule has 5 nitrogen and oxygen atoms in total. The summed E-state index contributed by atoms with van der Waals surface area (Å²) in [5.74, 6) is 0.932. The Morgan fingerprint density at radius 2 is 1.69 bits per heavy atom. The van der Waals surface area contributed by atoms with Crippen molar-refractivity contribution in [1.29, 1.82) is 0 Å². The molecule has 8 heteroatoms. The van der Waals surface area contributed by atoms with E-state index in [2.05, 4.69) is 34.7 Å². The van der Waals surface area contributed by atoms with E-state index in [4.69, 9.17) is 21.1 Å². The molecule has 4 rings (SSSR count). The summed E-state index contributed by atoms with van der Waals surface area (Å²) in [7, 11) is 0. The fraction of sp³-hybridized carbons (Fsp3) is 0.185. The third-order valence-electron chi connectivity index (χ3n) is 5.26. The van der Waals surface area contributed by atoms with Gasteiger partial charge in [0.15, 0.2) is 11.5 Å². The number of rotatable bonds is 8. The van der Waals surface area contributed by atoms with Gasteiger partial charge in [0.1, 0.15) is 6.61 Å². The van der Waals surface area contributed by atoms with E-state index < -0.39 is 0 Å². The molecule has 1 heterocycles. The summed E-state index contributed by atoms with van der Waals surface area (Å²) in [5.41, 5.74) is 3.85. The number of amides is 2. The number of nitrogens with zero attached hydrogens (tertiary/aromatic N) is 1. The normalized spacial score (nSPS) is 14.6. The molecule has 0 N–H and O–H groups in total. The third kappa shape index (κ3) is 6.39. The topological polar surface area (TPSA) is 55.8 Å². The molecule has 0 aromatic heterocycles. The largest absolute Gasteiger partial charge is 0.490 e.